The lowest BCUT2D eigenvalue weighted by atomic mass is 9.91. The fourth-order valence-corrected chi connectivity index (χ4v) is 2.73. The molecule has 0 aromatic rings. The van der Waals surface area contributed by atoms with Gasteiger partial charge in [0, 0.05) is 19.1 Å². The average molecular weight is 211 g/mol. The van der Waals surface area contributed by atoms with E-state index in [1.807, 2.05) is 0 Å². The first-order valence-corrected chi connectivity index (χ1v) is 6.16. The van der Waals surface area contributed by atoms with E-state index in [1.165, 1.54) is 25.7 Å². The topological polar surface area (TPSA) is 40.5 Å². The van der Waals surface area contributed by atoms with Crippen molar-refractivity contribution >= 4 is 5.97 Å². The van der Waals surface area contributed by atoms with Crippen LogP contribution in [0.15, 0.2) is 0 Å². The van der Waals surface area contributed by atoms with Gasteiger partial charge in [-0.3, -0.25) is 9.69 Å². The SMILES string of the molecule is CCCC1CN(C(CC(=O)O)C2CC2)C1. The Balaban J connectivity index is 1.77. The first-order valence-electron chi connectivity index (χ1n) is 6.16. The molecule has 15 heavy (non-hydrogen) atoms. The maximum absolute atomic E-state index is 10.8. The summed E-state index contributed by atoms with van der Waals surface area (Å²) in [5.41, 5.74) is 0. The molecule has 2 aliphatic rings. The molecule has 0 spiro atoms. The summed E-state index contributed by atoms with van der Waals surface area (Å²) in [7, 11) is 0. The fraction of sp³-hybridized carbons (Fsp3) is 0.917. The number of carboxylic acids is 1. The van der Waals surface area contributed by atoms with Crippen molar-refractivity contribution < 1.29 is 9.90 Å². The van der Waals surface area contributed by atoms with Crippen molar-refractivity contribution in [3.63, 3.8) is 0 Å². The first-order chi connectivity index (χ1) is 7.20. The maximum Gasteiger partial charge on any atom is 0.304 e. The molecule has 3 nitrogen and oxygen atoms in total. The number of hydrogen-bond donors (Lipinski definition) is 1. The number of carboxylic acid groups (broad SMARTS) is 1. The lowest BCUT2D eigenvalue weighted by Gasteiger charge is -2.44. The van der Waals surface area contributed by atoms with Crippen LogP contribution in [0.4, 0.5) is 0 Å². The standard InChI is InChI=1S/C12H21NO2/c1-2-3-9-7-13(8-9)11(6-12(14)15)10-4-5-10/h9-11H,2-8H2,1H3,(H,14,15). The van der Waals surface area contributed by atoms with Crippen LogP contribution in [-0.2, 0) is 4.79 Å². The molecule has 1 saturated carbocycles. The van der Waals surface area contributed by atoms with Crippen LogP contribution < -0.4 is 0 Å². The molecule has 1 aliphatic carbocycles. The zero-order chi connectivity index (χ0) is 10.8. The monoisotopic (exact) mass is 211 g/mol. The van der Waals surface area contributed by atoms with Gasteiger partial charge in [0.2, 0.25) is 0 Å². The minimum atomic E-state index is -0.633. The van der Waals surface area contributed by atoms with Crippen LogP contribution in [0.25, 0.3) is 0 Å². The van der Waals surface area contributed by atoms with E-state index < -0.39 is 5.97 Å². The summed E-state index contributed by atoms with van der Waals surface area (Å²) >= 11 is 0. The van der Waals surface area contributed by atoms with Crippen LogP contribution in [0.2, 0.25) is 0 Å². The molecule has 0 bridgehead atoms. The maximum atomic E-state index is 10.8. The number of hydrogen-bond acceptors (Lipinski definition) is 2. The van der Waals surface area contributed by atoms with E-state index in [2.05, 4.69) is 11.8 Å². The minimum absolute atomic E-state index is 0.343. The Morgan fingerprint density at radius 1 is 1.47 bits per heavy atom. The molecule has 0 radical (unpaired) electrons. The largest absolute Gasteiger partial charge is 0.481 e. The van der Waals surface area contributed by atoms with Crippen molar-refractivity contribution in [2.45, 2.75) is 45.1 Å². The van der Waals surface area contributed by atoms with Gasteiger partial charge >= 0.3 is 5.97 Å². The minimum Gasteiger partial charge on any atom is -0.481 e. The highest BCUT2D eigenvalue weighted by Crippen LogP contribution is 2.39. The number of likely N-dealkylation sites (tertiary alicyclic amines) is 1. The molecule has 1 atom stereocenters. The molecule has 0 amide bonds. The van der Waals surface area contributed by atoms with E-state index in [0.29, 0.717) is 18.4 Å². The van der Waals surface area contributed by atoms with Crippen molar-refractivity contribution in [2.75, 3.05) is 13.1 Å². The Labute approximate surface area is 91.5 Å². The third-order valence-corrected chi connectivity index (χ3v) is 3.70. The molecule has 1 unspecified atom stereocenters. The second-order valence-electron chi connectivity index (χ2n) is 5.11. The average Bonchev–Trinajstić information content (AvgIpc) is 2.89. The van der Waals surface area contributed by atoms with Gasteiger partial charge in [-0.2, -0.15) is 0 Å². The van der Waals surface area contributed by atoms with E-state index in [1.54, 1.807) is 0 Å². The second kappa shape index (κ2) is 4.52. The molecule has 3 heteroatoms. The van der Waals surface area contributed by atoms with Gasteiger partial charge in [0.25, 0.3) is 0 Å². The fourth-order valence-electron chi connectivity index (χ4n) is 2.73. The lowest BCUT2D eigenvalue weighted by Crippen LogP contribution is -2.53. The summed E-state index contributed by atoms with van der Waals surface area (Å²) in [6, 6.07) is 0.343. The number of rotatable bonds is 6. The van der Waals surface area contributed by atoms with Crippen molar-refractivity contribution in [3.05, 3.63) is 0 Å². The molecule has 1 heterocycles. The molecule has 1 saturated heterocycles. The molecule has 2 rings (SSSR count). The zero-order valence-corrected chi connectivity index (χ0v) is 9.48. The van der Waals surface area contributed by atoms with Gasteiger partial charge in [-0.05, 0) is 31.1 Å². The van der Waals surface area contributed by atoms with Crippen LogP contribution in [-0.4, -0.2) is 35.1 Å². The molecular formula is C12H21NO2. The van der Waals surface area contributed by atoms with Crippen molar-refractivity contribution in [1.82, 2.24) is 4.90 Å². The van der Waals surface area contributed by atoms with Gasteiger partial charge < -0.3 is 5.11 Å². The second-order valence-corrected chi connectivity index (χ2v) is 5.11. The molecule has 0 aromatic heterocycles. The summed E-state index contributed by atoms with van der Waals surface area (Å²) in [6.07, 6.45) is 5.40. The Kier molecular flexibility index (Phi) is 3.29. The highest BCUT2D eigenvalue weighted by molar-refractivity contribution is 5.67. The molecule has 2 fully saturated rings. The molecule has 1 N–H and O–H groups in total. The van der Waals surface area contributed by atoms with Gasteiger partial charge in [-0.15, -0.1) is 0 Å². The predicted molar refractivity (Wildman–Crippen MR) is 58.7 cm³/mol. The van der Waals surface area contributed by atoms with Crippen molar-refractivity contribution in [1.29, 1.82) is 0 Å². The summed E-state index contributed by atoms with van der Waals surface area (Å²) in [5.74, 6) is 0.888. The molecular weight excluding hydrogens is 190 g/mol. The van der Waals surface area contributed by atoms with Crippen LogP contribution in [0.1, 0.15) is 39.0 Å². The predicted octanol–water partition coefficient (Wildman–Crippen LogP) is 1.97. The number of carbonyl (C=O) groups is 1. The van der Waals surface area contributed by atoms with Crippen molar-refractivity contribution in [3.8, 4) is 0 Å². The molecule has 86 valence electrons. The molecule has 0 aromatic carbocycles. The Morgan fingerprint density at radius 2 is 2.13 bits per heavy atom. The zero-order valence-electron chi connectivity index (χ0n) is 9.48. The quantitative estimate of drug-likeness (QED) is 0.730. The van der Waals surface area contributed by atoms with Gasteiger partial charge in [-0.25, -0.2) is 0 Å². The van der Waals surface area contributed by atoms with E-state index in [4.69, 9.17) is 5.11 Å². The summed E-state index contributed by atoms with van der Waals surface area (Å²) in [4.78, 5) is 13.2. The van der Waals surface area contributed by atoms with Crippen LogP contribution in [0.3, 0.4) is 0 Å². The number of nitrogens with zero attached hydrogens (tertiary/aromatic N) is 1. The third kappa shape index (κ3) is 2.71. The van der Waals surface area contributed by atoms with E-state index in [9.17, 15) is 4.79 Å². The highest BCUT2D eigenvalue weighted by Gasteiger charge is 2.41. The first kappa shape index (κ1) is 10.9. The third-order valence-electron chi connectivity index (χ3n) is 3.70. The van der Waals surface area contributed by atoms with Crippen molar-refractivity contribution in [2.24, 2.45) is 11.8 Å². The normalized spacial score (nSPS) is 24.9. The molecule has 1 aliphatic heterocycles. The number of aliphatic carboxylic acids is 1. The van der Waals surface area contributed by atoms with Gasteiger partial charge in [0.15, 0.2) is 0 Å². The van der Waals surface area contributed by atoms with Crippen LogP contribution >= 0.6 is 0 Å². The van der Waals surface area contributed by atoms with E-state index >= 15 is 0 Å². The summed E-state index contributed by atoms with van der Waals surface area (Å²) in [5, 5.41) is 8.87. The summed E-state index contributed by atoms with van der Waals surface area (Å²) in [6.45, 7) is 4.50. The van der Waals surface area contributed by atoms with Crippen LogP contribution in [0, 0.1) is 11.8 Å². The van der Waals surface area contributed by atoms with Gasteiger partial charge in [0.05, 0.1) is 6.42 Å². The van der Waals surface area contributed by atoms with E-state index in [-0.39, 0.29) is 0 Å². The lowest BCUT2D eigenvalue weighted by molar-refractivity contribution is -0.139. The van der Waals surface area contributed by atoms with Crippen LogP contribution in [0.5, 0.6) is 0 Å². The van der Waals surface area contributed by atoms with Gasteiger partial charge in [-0.1, -0.05) is 13.3 Å². The van der Waals surface area contributed by atoms with E-state index in [0.717, 1.165) is 19.0 Å². The Morgan fingerprint density at radius 3 is 2.60 bits per heavy atom. The highest BCUT2D eigenvalue weighted by atomic mass is 16.4. The smallest absolute Gasteiger partial charge is 0.304 e. The summed E-state index contributed by atoms with van der Waals surface area (Å²) < 4.78 is 0. The Hall–Kier alpha value is -0.570. The Bertz CT molecular complexity index is 232. The van der Waals surface area contributed by atoms with Gasteiger partial charge in [0.1, 0.15) is 0 Å².